The quantitative estimate of drug-likeness (QED) is 0.589. The first-order chi connectivity index (χ1) is 12.3. The number of pyridine rings is 1. The molecule has 0 saturated carbocycles. The average molecular weight is 340 g/mol. The summed E-state index contributed by atoms with van der Waals surface area (Å²) in [6.45, 7) is 1.38. The number of nitrogens with one attached hydrogen (secondary N) is 2. The topological polar surface area (TPSA) is 73.8 Å². The molecule has 0 aliphatic heterocycles. The van der Waals surface area contributed by atoms with E-state index in [-0.39, 0.29) is 18.3 Å². The molecular formula is C19H21FN4O. The highest BCUT2D eigenvalue weighted by Crippen LogP contribution is 2.21. The lowest BCUT2D eigenvalue weighted by Gasteiger charge is -2.14. The Hall–Kier alpha value is -2.57. The smallest absolute Gasteiger partial charge is 0.123 e. The molecule has 1 unspecified atom stereocenters. The SMILES string of the molecule is OCC(CNCc1cn[nH]c1-c1ccc(F)cc1)Cc1ccccn1. The van der Waals surface area contributed by atoms with Gasteiger partial charge in [0.25, 0.3) is 0 Å². The molecule has 2 aromatic heterocycles. The van der Waals surface area contributed by atoms with E-state index < -0.39 is 0 Å². The Kier molecular flexibility index (Phi) is 5.87. The van der Waals surface area contributed by atoms with E-state index in [4.69, 9.17) is 0 Å². The zero-order valence-corrected chi connectivity index (χ0v) is 13.8. The predicted molar refractivity (Wildman–Crippen MR) is 94.2 cm³/mol. The highest BCUT2D eigenvalue weighted by atomic mass is 19.1. The van der Waals surface area contributed by atoms with Crippen LogP contribution in [0.4, 0.5) is 4.39 Å². The number of hydrogen-bond donors (Lipinski definition) is 3. The molecule has 0 fully saturated rings. The summed E-state index contributed by atoms with van der Waals surface area (Å²) in [6, 6.07) is 12.1. The Morgan fingerprint density at radius 3 is 2.72 bits per heavy atom. The van der Waals surface area contributed by atoms with Crippen molar-refractivity contribution in [2.24, 2.45) is 5.92 Å². The van der Waals surface area contributed by atoms with E-state index >= 15 is 0 Å². The third-order valence-corrected chi connectivity index (χ3v) is 4.08. The highest BCUT2D eigenvalue weighted by molar-refractivity contribution is 5.62. The first-order valence-electron chi connectivity index (χ1n) is 8.26. The number of H-pyrrole nitrogens is 1. The minimum atomic E-state index is -0.261. The van der Waals surface area contributed by atoms with Gasteiger partial charge >= 0.3 is 0 Å². The number of aromatic amines is 1. The van der Waals surface area contributed by atoms with Gasteiger partial charge in [0.1, 0.15) is 5.82 Å². The number of rotatable bonds is 8. The maximum absolute atomic E-state index is 13.1. The third-order valence-electron chi connectivity index (χ3n) is 4.08. The molecule has 3 N–H and O–H groups in total. The van der Waals surface area contributed by atoms with Crippen LogP contribution >= 0.6 is 0 Å². The van der Waals surface area contributed by atoms with Crippen LogP contribution in [-0.4, -0.2) is 33.4 Å². The van der Waals surface area contributed by atoms with Crippen molar-refractivity contribution in [2.45, 2.75) is 13.0 Å². The summed E-state index contributed by atoms with van der Waals surface area (Å²) < 4.78 is 13.1. The number of aliphatic hydroxyl groups is 1. The van der Waals surface area contributed by atoms with E-state index in [0.717, 1.165) is 28.9 Å². The van der Waals surface area contributed by atoms with E-state index in [1.165, 1.54) is 12.1 Å². The van der Waals surface area contributed by atoms with Crippen molar-refractivity contribution in [3.05, 3.63) is 71.9 Å². The van der Waals surface area contributed by atoms with Gasteiger partial charge < -0.3 is 10.4 Å². The van der Waals surface area contributed by atoms with Crippen LogP contribution < -0.4 is 5.32 Å². The second-order valence-corrected chi connectivity index (χ2v) is 5.98. The molecule has 0 aliphatic rings. The van der Waals surface area contributed by atoms with Gasteiger partial charge in [0.15, 0.2) is 0 Å². The molecular weight excluding hydrogens is 319 g/mol. The van der Waals surface area contributed by atoms with E-state index in [2.05, 4.69) is 20.5 Å². The predicted octanol–water partition coefficient (Wildman–Crippen LogP) is 2.55. The molecule has 3 aromatic rings. The monoisotopic (exact) mass is 340 g/mol. The molecule has 0 aliphatic carbocycles. The van der Waals surface area contributed by atoms with E-state index in [1.54, 1.807) is 24.5 Å². The Labute approximate surface area is 145 Å². The molecule has 130 valence electrons. The second kappa shape index (κ2) is 8.50. The molecule has 1 aromatic carbocycles. The fourth-order valence-corrected chi connectivity index (χ4v) is 2.74. The van der Waals surface area contributed by atoms with Crippen LogP contribution in [0.3, 0.4) is 0 Å². The molecule has 2 heterocycles. The number of hydrogen-bond acceptors (Lipinski definition) is 4. The zero-order valence-electron chi connectivity index (χ0n) is 13.8. The van der Waals surface area contributed by atoms with Gasteiger partial charge in [-0.05, 0) is 48.7 Å². The van der Waals surface area contributed by atoms with Gasteiger partial charge in [-0.3, -0.25) is 10.1 Å². The number of aromatic nitrogens is 3. The number of aliphatic hydroxyl groups excluding tert-OH is 1. The molecule has 6 heteroatoms. The van der Waals surface area contributed by atoms with Gasteiger partial charge in [0.2, 0.25) is 0 Å². The summed E-state index contributed by atoms with van der Waals surface area (Å²) in [7, 11) is 0. The molecule has 0 saturated heterocycles. The lowest BCUT2D eigenvalue weighted by atomic mass is 10.0. The maximum atomic E-state index is 13.1. The maximum Gasteiger partial charge on any atom is 0.123 e. The van der Waals surface area contributed by atoms with Gasteiger partial charge in [0, 0.05) is 42.7 Å². The van der Waals surface area contributed by atoms with Crippen LogP contribution in [-0.2, 0) is 13.0 Å². The minimum Gasteiger partial charge on any atom is -0.396 e. The Morgan fingerprint density at radius 1 is 1.16 bits per heavy atom. The number of halogens is 1. The van der Waals surface area contributed by atoms with Crippen LogP contribution in [0.2, 0.25) is 0 Å². The van der Waals surface area contributed by atoms with Gasteiger partial charge in [0.05, 0.1) is 11.9 Å². The molecule has 0 spiro atoms. The molecule has 25 heavy (non-hydrogen) atoms. The zero-order chi connectivity index (χ0) is 17.5. The van der Waals surface area contributed by atoms with Gasteiger partial charge in [-0.2, -0.15) is 5.10 Å². The Bertz CT molecular complexity index is 774. The fourth-order valence-electron chi connectivity index (χ4n) is 2.74. The summed E-state index contributed by atoms with van der Waals surface area (Å²) in [5, 5.41) is 20.0. The van der Waals surface area contributed by atoms with Gasteiger partial charge in [-0.25, -0.2) is 4.39 Å². The first-order valence-corrected chi connectivity index (χ1v) is 8.26. The van der Waals surface area contributed by atoms with Crippen molar-refractivity contribution in [2.75, 3.05) is 13.2 Å². The van der Waals surface area contributed by atoms with Crippen molar-refractivity contribution in [3.8, 4) is 11.3 Å². The van der Waals surface area contributed by atoms with Crippen LogP contribution in [0.5, 0.6) is 0 Å². The summed E-state index contributed by atoms with van der Waals surface area (Å²) in [4.78, 5) is 4.30. The molecule has 0 amide bonds. The van der Waals surface area contributed by atoms with Crippen molar-refractivity contribution in [1.29, 1.82) is 0 Å². The van der Waals surface area contributed by atoms with Crippen molar-refractivity contribution in [1.82, 2.24) is 20.5 Å². The van der Waals surface area contributed by atoms with Crippen molar-refractivity contribution in [3.63, 3.8) is 0 Å². The third kappa shape index (κ3) is 4.71. The molecule has 5 nitrogen and oxygen atoms in total. The van der Waals surface area contributed by atoms with Crippen LogP contribution in [0.25, 0.3) is 11.3 Å². The van der Waals surface area contributed by atoms with E-state index in [1.807, 2.05) is 18.2 Å². The Morgan fingerprint density at radius 2 is 2.00 bits per heavy atom. The normalized spacial score (nSPS) is 12.2. The van der Waals surface area contributed by atoms with Gasteiger partial charge in [-0.15, -0.1) is 0 Å². The summed E-state index contributed by atoms with van der Waals surface area (Å²) in [5.41, 5.74) is 3.74. The molecule has 0 bridgehead atoms. The van der Waals surface area contributed by atoms with Crippen LogP contribution in [0, 0.1) is 11.7 Å². The summed E-state index contributed by atoms with van der Waals surface area (Å²) in [6.07, 6.45) is 4.25. The van der Waals surface area contributed by atoms with E-state index in [0.29, 0.717) is 13.1 Å². The lowest BCUT2D eigenvalue weighted by Crippen LogP contribution is -2.26. The average Bonchev–Trinajstić information content (AvgIpc) is 3.11. The van der Waals surface area contributed by atoms with Crippen molar-refractivity contribution >= 4 is 0 Å². The van der Waals surface area contributed by atoms with Crippen molar-refractivity contribution < 1.29 is 9.50 Å². The lowest BCUT2D eigenvalue weighted by molar-refractivity contribution is 0.220. The fraction of sp³-hybridized carbons (Fsp3) is 0.263. The Balaban J connectivity index is 1.57. The van der Waals surface area contributed by atoms with Crippen LogP contribution in [0.1, 0.15) is 11.3 Å². The molecule has 0 radical (unpaired) electrons. The summed E-state index contributed by atoms with van der Waals surface area (Å²) in [5.74, 6) is -0.167. The molecule has 3 rings (SSSR count). The standard InChI is InChI=1S/C19H21FN4O/c20-17-6-4-15(5-7-17)19-16(12-23-24-19)11-21-10-14(13-25)9-18-3-1-2-8-22-18/h1-8,12,14,21,25H,9-11,13H2,(H,23,24). The number of benzene rings is 1. The van der Waals surface area contributed by atoms with Crippen LogP contribution in [0.15, 0.2) is 54.9 Å². The second-order valence-electron chi connectivity index (χ2n) is 5.98. The minimum absolute atomic E-state index is 0.0936. The highest BCUT2D eigenvalue weighted by Gasteiger charge is 2.11. The summed E-state index contributed by atoms with van der Waals surface area (Å²) >= 11 is 0. The van der Waals surface area contributed by atoms with E-state index in [9.17, 15) is 9.50 Å². The largest absolute Gasteiger partial charge is 0.396 e. The number of nitrogens with zero attached hydrogens (tertiary/aromatic N) is 2. The first kappa shape index (κ1) is 17.3. The van der Waals surface area contributed by atoms with Gasteiger partial charge in [-0.1, -0.05) is 6.07 Å². The molecule has 1 atom stereocenters.